The van der Waals surface area contributed by atoms with Crippen LogP contribution in [0.5, 0.6) is 0 Å². The lowest BCUT2D eigenvalue weighted by Crippen LogP contribution is -2.45. The molecule has 1 amide bonds. The van der Waals surface area contributed by atoms with E-state index in [-0.39, 0.29) is 17.5 Å². The Balaban J connectivity index is 1.39. The van der Waals surface area contributed by atoms with Gasteiger partial charge in [0.25, 0.3) is 5.92 Å². The molecule has 0 bridgehead atoms. The largest absolute Gasteiger partial charge is 0.364 e. The first-order chi connectivity index (χ1) is 20.4. The molecule has 1 unspecified atom stereocenters. The van der Waals surface area contributed by atoms with Crippen LogP contribution < -0.4 is 10.6 Å². The molecule has 11 heteroatoms. The standard InChI is InChI=1S/C32H31F3N4O3S/c1-21-8-10-25(11-9-21)28-16-23(17-30(38-28)37-22(2)24-6-4-3-5-7-24)19-36-31(40)29-18-32(34,35)20-39(29)43(41,42)27-14-12-26(33)13-15-27/h3-17,22,29H,18-20H2,1-2H3,(H,36,40)(H,37,38)/t22?,29-/m0/s1. The average molecular weight is 609 g/mol. The number of hydrogen-bond donors (Lipinski definition) is 2. The average Bonchev–Trinajstić information content (AvgIpc) is 3.33. The maximum atomic E-state index is 14.5. The maximum absolute atomic E-state index is 14.5. The Kier molecular flexibility index (Phi) is 8.57. The van der Waals surface area contributed by atoms with Gasteiger partial charge in [0.1, 0.15) is 17.7 Å². The van der Waals surface area contributed by atoms with Gasteiger partial charge in [0.2, 0.25) is 15.9 Å². The van der Waals surface area contributed by atoms with Gasteiger partial charge >= 0.3 is 0 Å². The van der Waals surface area contributed by atoms with Gasteiger partial charge in [-0.1, -0.05) is 60.2 Å². The molecule has 43 heavy (non-hydrogen) atoms. The van der Waals surface area contributed by atoms with Crippen molar-refractivity contribution in [3.63, 3.8) is 0 Å². The van der Waals surface area contributed by atoms with Gasteiger partial charge in [-0.05, 0) is 61.4 Å². The Bertz CT molecular complexity index is 1700. The highest BCUT2D eigenvalue weighted by Crippen LogP contribution is 2.36. The number of nitrogens with zero attached hydrogens (tertiary/aromatic N) is 2. The van der Waals surface area contributed by atoms with Crippen LogP contribution in [-0.4, -0.2) is 42.1 Å². The van der Waals surface area contributed by atoms with E-state index in [0.717, 1.165) is 41.0 Å². The minimum absolute atomic E-state index is 0.0544. The van der Waals surface area contributed by atoms with E-state index in [4.69, 9.17) is 4.98 Å². The Labute approximate surface area is 248 Å². The van der Waals surface area contributed by atoms with Gasteiger partial charge in [-0.25, -0.2) is 26.6 Å². The number of anilines is 1. The Morgan fingerprint density at radius 3 is 2.37 bits per heavy atom. The molecule has 4 aromatic rings. The summed E-state index contributed by atoms with van der Waals surface area (Å²) in [6.45, 7) is 2.77. The zero-order chi connectivity index (χ0) is 30.8. The third-order valence-corrected chi connectivity index (χ3v) is 9.18. The number of benzene rings is 3. The van der Waals surface area contributed by atoms with Crippen molar-refractivity contribution in [2.24, 2.45) is 0 Å². The quantitative estimate of drug-likeness (QED) is 0.240. The first-order valence-corrected chi connectivity index (χ1v) is 15.2. The lowest BCUT2D eigenvalue weighted by molar-refractivity contribution is -0.124. The normalized spacial score (nSPS) is 17.4. The maximum Gasteiger partial charge on any atom is 0.263 e. The Morgan fingerprint density at radius 1 is 1.02 bits per heavy atom. The van der Waals surface area contributed by atoms with Crippen LogP contribution in [0.2, 0.25) is 0 Å². The van der Waals surface area contributed by atoms with E-state index in [0.29, 0.717) is 21.4 Å². The molecule has 224 valence electrons. The van der Waals surface area contributed by atoms with Gasteiger partial charge in [0, 0.05) is 24.6 Å². The lowest BCUT2D eigenvalue weighted by atomic mass is 10.1. The highest BCUT2D eigenvalue weighted by atomic mass is 32.2. The Hall–Kier alpha value is -4.22. The van der Waals surface area contributed by atoms with E-state index in [2.05, 4.69) is 10.6 Å². The summed E-state index contributed by atoms with van der Waals surface area (Å²) in [5.74, 6) is -4.39. The summed E-state index contributed by atoms with van der Waals surface area (Å²) < 4.78 is 69.2. The molecule has 7 nitrogen and oxygen atoms in total. The third kappa shape index (κ3) is 7.06. The van der Waals surface area contributed by atoms with Gasteiger partial charge in [-0.2, -0.15) is 4.31 Å². The zero-order valence-electron chi connectivity index (χ0n) is 23.6. The highest BCUT2D eigenvalue weighted by Gasteiger charge is 2.52. The van der Waals surface area contributed by atoms with Crippen LogP contribution in [0.25, 0.3) is 11.3 Å². The lowest BCUT2D eigenvalue weighted by Gasteiger charge is -2.23. The molecule has 0 radical (unpaired) electrons. The number of pyridine rings is 1. The molecule has 0 aliphatic carbocycles. The number of amides is 1. The molecule has 2 N–H and O–H groups in total. The minimum Gasteiger partial charge on any atom is -0.364 e. The molecule has 2 atom stereocenters. The predicted molar refractivity (Wildman–Crippen MR) is 158 cm³/mol. The zero-order valence-corrected chi connectivity index (χ0v) is 24.4. The van der Waals surface area contributed by atoms with Crippen molar-refractivity contribution in [1.82, 2.24) is 14.6 Å². The second kappa shape index (κ2) is 12.2. The van der Waals surface area contributed by atoms with Crippen molar-refractivity contribution in [3.8, 4) is 11.3 Å². The number of alkyl halides is 2. The Morgan fingerprint density at radius 2 is 1.70 bits per heavy atom. The summed E-state index contributed by atoms with van der Waals surface area (Å²) in [4.78, 5) is 17.6. The fourth-order valence-electron chi connectivity index (χ4n) is 4.99. The van der Waals surface area contributed by atoms with Crippen LogP contribution in [0.1, 0.15) is 36.1 Å². The van der Waals surface area contributed by atoms with E-state index in [9.17, 15) is 26.4 Å². The van der Waals surface area contributed by atoms with Gasteiger partial charge in [0.05, 0.1) is 17.1 Å². The number of carbonyl (C=O) groups is 1. The van der Waals surface area contributed by atoms with E-state index in [1.54, 1.807) is 12.1 Å². The van der Waals surface area contributed by atoms with Gasteiger partial charge in [0.15, 0.2) is 0 Å². The number of aromatic nitrogens is 1. The highest BCUT2D eigenvalue weighted by molar-refractivity contribution is 7.89. The molecule has 1 aromatic heterocycles. The summed E-state index contributed by atoms with van der Waals surface area (Å²) in [6, 6.07) is 23.2. The SMILES string of the molecule is Cc1ccc(-c2cc(CNC(=O)[C@@H]3CC(F)(F)CN3S(=O)(=O)c3ccc(F)cc3)cc(NC(C)c3ccccc3)n2)cc1. The molecular weight excluding hydrogens is 577 g/mol. The molecule has 2 heterocycles. The minimum atomic E-state index is -4.49. The number of halogens is 3. The molecule has 1 saturated heterocycles. The number of carbonyl (C=O) groups excluding carboxylic acids is 1. The van der Waals surface area contributed by atoms with Gasteiger partial charge < -0.3 is 10.6 Å². The van der Waals surface area contributed by atoms with E-state index < -0.39 is 46.7 Å². The molecule has 1 aliphatic rings. The van der Waals surface area contributed by atoms with Crippen molar-refractivity contribution in [2.45, 2.75) is 49.7 Å². The van der Waals surface area contributed by atoms with Crippen LogP contribution in [0.3, 0.4) is 0 Å². The number of nitrogens with one attached hydrogen (secondary N) is 2. The summed E-state index contributed by atoms with van der Waals surface area (Å²) >= 11 is 0. The fraction of sp³-hybridized carbons (Fsp3) is 0.250. The molecule has 3 aromatic carbocycles. The van der Waals surface area contributed by atoms with Crippen molar-refractivity contribution in [3.05, 3.63) is 114 Å². The summed E-state index contributed by atoms with van der Waals surface area (Å²) in [5.41, 5.74) is 4.25. The second-order valence-electron chi connectivity index (χ2n) is 10.7. The van der Waals surface area contributed by atoms with E-state index in [1.807, 2.05) is 68.4 Å². The number of aryl methyl sites for hydroxylation is 1. The first kappa shape index (κ1) is 30.2. The molecule has 0 spiro atoms. The second-order valence-corrected chi connectivity index (χ2v) is 12.6. The number of sulfonamides is 1. The van der Waals surface area contributed by atoms with Crippen molar-refractivity contribution < 1.29 is 26.4 Å². The van der Waals surface area contributed by atoms with Crippen LogP contribution in [0.4, 0.5) is 19.0 Å². The van der Waals surface area contributed by atoms with Crippen LogP contribution in [0.15, 0.2) is 95.9 Å². The van der Waals surface area contributed by atoms with Crippen LogP contribution in [-0.2, 0) is 21.4 Å². The van der Waals surface area contributed by atoms with Crippen molar-refractivity contribution >= 4 is 21.7 Å². The topological polar surface area (TPSA) is 91.4 Å². The smallest absolute Gasteiger partial charge is 0.263 e. The van der Waals surface area contributed by atoms with Crippen LogP contribution in [0, 0.1) is 12.7 Å². The van der Waals surface area contributed by atoms with Crippen LogP contribution >= 0.6 is 0 Å². The predicted octanol–water partition coefficient (Wildman–Crippen LogP) is 6.08. The van der Waals surface area contributed by atoms with Gasteiger partial charge in [-0.15, -0.1) is 0 Å². The summed E-state index contributed by atoms with van der Waals surface area (Å²) in [6.07, 6.45) is -0.967. The van der Waals surface area contributed by atoms with Crippen molar-refractivity contribution in [1.29, 1.82) is 0 Å². The number of rotatable bonds is 9. The van der Waals surface area contributed by atoms with E-state index in [1.165, 1.54) is 0 Å². The summed E-state index contributed by atoms with van der Waals surface area (Å²) in [5, 5.41) is 6.03. The number of hydrogen-bond acceptors (Lipinski definition) is 5. The third-order valence-electron chi connectivity index (χ3n) is 7.31. The van der Waals surface area contributed by atoms with Crippen molar-refractivity contribution in [2.75, 3.05) is 11.9 Å². The molecule has 5 rings (SSSR count). The molecule has 1 aliphatic heterocycles. The first-order valence-electron chi connectivity index (χ1n) is 13.7. The summed E-state index contributed by atoms with van der Waals surface area (Å²) in [7, 11) is -4.49. The molecule has 0 saturated carbocycles. The molecular formula is C32H31F3N4O3S. The monoisotopic (exact) mass is 608 g/mol. The molecule has 1 fully saturated rings. The van der Waals surface area contributed by atoms with E-state index >= 15 is 0 Å². The van der Waals surface area contributed by atoms with Gasteiger partial charge in [-0.3, -0.25) is 4.79 Å². The fourth-order valence-corrected chi connectivity index (χ4v) is 6.61.